The van der Waals surface area contributed by atoms with Gasteiger partial charge < -0.3 is 4.42 Å². The van der Waals surface area contributed by atoms with Crippen LogP contribution in [0.3, 0.4) is 0 Å². The van der Waals surface area contributed by atoms with Crippen molar-refractivity contribution >= 4 is 44.8 Å². The summed E-state index contributed by atoms with van der Waals surface area (Å²) in [5.74, 6) is 0.430. The molecule has 0 aliphatic heterocycles. The molecule has 0 fully saturated rings. The maximum Gasteiger partial charge on any atom is 0.255 e. The van der Waals surface area contributed by atoms with Crippen molar-refractivity contribution in [1.82, 2.24) is 4.98 Å². The molecule has 0 unspecified atom stereocenters. The zero-order valence-corrected chi connectivity index (χ0v) is 10.7. The van der Waals surface area contributed by atoms with Gasteiger partial charge in [0.2, 0.25) is 0 Å². The number of carbonyl (C=O) groups is 1. The summed E-state index contributed by atoms with van der Waals surface area (Å²) >= 11 is 6.06. The second-order valence-corrected chi connectivity index (χ2v) is 5.30. The van der Waals surface area contributed by atoms with Crippen LogP contribution in [0, 0.1) is 0 Å². The van der Waals surface area contributed by atoms with Crippen LogP contribution in [0.1, 0.15) is 9.67 Å². The van der Waals surface area contributed by atoms with Gasteiger partial charge in [0.05, 0.1) is 16.8 Å². The highest BCUT2D eigenvalue weighted by Crippen LogP contribution is 2.25. The molecule has 0 atom stereocenters. The summed E-state index contributed by atoms with van der Waals surface area (Å²) < 4.78 is 5.88. The molecule has 78 valence electrons. The van der Waals surface area contributed by atoms with Gasteiger partial charge in [-0.2, -0.15) is 0 Å². The monoisotopic (exact) mass is 303 g/mol. The van der Waals surface area contributed by atoms with Crippen LogP contribution in [0.15, 0.2) is 38.0 Å². The predicted molar refractivity (Wildman–Crippen MR) is 63.6 cm³/mol. The summed E-state index contributed by atoms with van der Waals surface area (Å²) in [6.45, 7) is 0. The summed E-state index contributed by atoms with van der Waals surface area (Å²) in [6, 6.07) is 1.87. The lowest BCUT2D eigenvalue weighted by molar-refractivity contribution is 0.102. The first-order chi connectivity index (χ1) is 7.27. The summed E-state index contributed by atoms with van der Waals surface area (Å²) in [5.41, 5.74) is 0. The minimum atomic E-state index is 0.0834. The first kappa shape index (κ1) is 10.9. The summed E-state index contributed by atoms with van der Waals surface area (Å²) in [7, 11) is 0. The van der Waals surface area contributed by atoms with Crippen LogP contribution >= 0.6 is 39.0 Å². The summed E-state index contributed by atoms with van der Waals surface area (Å²) in [5, 5.41) is 2.41. The molecule has 2 aromatic heterocycles. The SMILES string of the molecule is O=C(CSc1ncco1)c1sccc1Br. The van der Waals surface area contributed by atoms with E-state index >= 15 is 0 Å². The Morgan fingerprint density at radius 1 is 1.67 bits per heavy atom. The number of aromatic nitrogens is 1. The Morgan fingerprint density at radius 3 is 3.13 bits per heavy atom. The second-order valence-electron chi connectivity index (χ2n) is 2.61. The quantitative estimate of drug-likeness (QED) is 0.641. The molecule has 0 radical (unpaired) electrons. The Bertz CT molecular complexity index is 452. The van der Waals surface area contributed by atoms with Crippen LogP contribution in [-0.4, -0.2) is 16.5 Å². The number of carbonyl (C=O) groups excluding carboxylic acids is 1. The van der Waals surface area contributed by atoms with Crippen LogP contribution < -0.4 is 0 Å². The number of rotatable bonds is 4. The summed E-state index contributed by atoms with van der Waals surface area (Å²) in [4.78, 5) is 16.4. The molecule has 0 aliphatic rings. The molecule has 0 saturated carbocycles. The van der Waals surface area contributed by atoms with Crippen LogP contribution in [0.25, 0.3) is 0 Å². The molecule has 2 aromatic rings. The van der Waals surface area contributed by atoms with E-state index in [1.54, 1.807) is 6.20 Å². The number of ketones is 1. The highest BCUT2D eigenvalue weighted by atomic mass is 79.9. The Balaban J connectivity index is 1.96. The molecule has 0 amide bonds. The molecule has 3 nitrogen and oxygen atoms in total. The zero-order chi connectivity index (χ0) is 10.7. The van der Waals surface area contributed by atoms with E-state index in [0.717, 1.165) is 9.35 Å². The van der Waals surface area contributed by atoms with E-state index in [1.807, 2.05) is 11.4 Å². The van der Waals surface area contributed by atoms with Gasteiger partial charge in [-0.3, -0.25) is 4.79 Å². The maximum atomic E-state index is 11.7. The fourth-order valence-corrected chi connectivity index (χ4v) is 3.25. The first-order valence-electron chi connectivity index (χ1n) is 4.06. The Hall–Kier alpha value is -0.590. The van der Waals surface area contributed by atoms with Gasteiger partial charge >= 0.3 is 0 Å². The van der Waals surface area contributed by atoms with Crippen molar-refractivity contribution < 1.29 is 9.21 Å². The molecule has 0 aromatic carbocycles. The lowest BCUT2D eigenvalue weighted by Crippen LogP contribution is -2.00. The van der Waals surface area contributed by atoms with E-state index in [0.29, 0.717) is 11.0 Å². The predicted octanol–water partition coefficient (Wildman–Crippen LogP) is 3.47. The molecule has 0 aliphatic carbocycles. The number of Topliss-reactive ketones (excluding diaryl/α,β-unsaturated/α-hetero) is 1. The standard InChI is InChI=1S/C9H6BrNO2S2/c10-6-1-4-14-8(6)7(12)5-15-9-11-2-3-13-9/h1-4H,5H2. The molecule has 2 heterocycles. The number of thiophene rings is 1. The average Bonchev–Trinajstić information content (AvgIpc) is 2.84. The third kappa shape index (κ3) is 2.70. The van der Waals surface area contributed by atoms with Gasteiger partial charge in [-0.15, -0.1) is 11.3 Å². The van der Waals surface area contributed by atoms with E-state index in [9.17, 15) is 4.79 Å². The van der Waals surface area contributed by atoms with Crippen molar-refractivity contribution in [3.63, 3.8) is 0 Å². The largest absolute Gasteiger partial charge is 0.440 e. The number of oxazole rings is 1. The van der Waals surface area contributed by atoms with Crippen molar-refractivity contribution in [2.45, 2.75) is 5.22 Å². The van der Waals surface area contributed by atoms with Crippen molar-refractivity contribution in [2.75, 3.05) is 5.75 Å². The molecule has 0 spiro atoms. The number of thioether (sulfide) groups is 1. The number of halogens is 1. The van der Waals surface area contributed by atoms with E-state index in [2.05, 4.69) is 20.9 Å². The maximum absolute atomic E-state index is 11.7. The second kappa shape index (κ2) is 4.96. The highest BCUT2D eigenvalue weighted by molar-refractivity contribution is 9.10. The third-order valence-electron chi connectivity index (χ3n) is 1.61. The minimum absolute atomic E-state index is 0.0834. The molecular weight excluding hydrogens is 298 g/mol. The van der Waals surface area contributed by atoms with Crippen LogP contribution in [-0.2, 0) is 0 Å². The fourth-order valence-electron chi connectivity index (χ4n) is 0.967. The van der Waals surface area contributed by atoms with Gasteiger partial charge in [0, 0.05) is 4.47 Å². The normalized spacial score (nSPS) is 10.5. The highest BCUT2D eigenvalue weighted by Gasteiger charge is 2.12. The van der Waals surface area contributed by atoms with E-state index in [-0.39, 0.29) is 5.78 Å². The Kier molecular flexibility index (Phi) is 3.61. The van der Waals surface area contributed by atoms with Crippen LogP contribution in [0.2, 0.25) is 0 Å². The van der Waals surface area contributed by atoms with Crippen LogP contribution in [0.4, 0.5) is 0 Å². The van der Waals surface area contributed by atoms with E-state index in [1.165, 1.54) is 29.4 Å². The van der Waals surface area contributed by atoms with Gasteiger partial charge in [0.15, 0.2) is 5.78 Å². The van der Waals surface area contributed by atoms with Gasteiger partial charge in [-0.05, 0) is 27.4 Å². The van der Waals surface area contributed by atoms with Gasteiger partial charge in [0.1, 0.15) is 6.26 Å². The van der Waals surface area contributed by atoms with E-state index < -0.39 is 0 Å². The summed E-state index contributed by atoms with van der Waals surface area (Å²) in [6.07, 6.45) is 3.06. The number of nitrogens with zero attached hydrogens (tertiary/aromatic N) is 1. The van der Waals surface area contributed by atoms with Gasteiger partial charge in [-0.1, -0.05) is 11.8 Å². The topological polar surface area (TPSA) is 43.1 Å². The third-order valence-corrected chi connectivity index (χ3v) is 4.34. The fraction of sp³-hybridized carbons (Fsp3) is 0.111. The molecule has 15 heavy (non-hydrogen) atoms. The molecule has 0 bridgehead atoms. The molecule has 0 N–H and O–H groups in total. The zero-order valence-electron chi connectivity index (χ0n) is 7.47. The van der Waals surface area contributed by atoms with Gasteiger partial charge in [-0.25, -0.2) is 4.98 Å². The molecular formula is C9H6BrNO2S2. The average molecular weight is 304 g/mol. The smallest absolute Gasteiger partial charge is 0.255 e. The lowest BCUT2D eigenvalue weighted by Gasteiger charge is -1.95. The molecule has 6 heteroatoms. The van der Waals surface area contributed by atoms with E-state index in [4.69, 9.17) is 4.42 Å². The minimum Gasteiger partial charge on any atom is -0.440 e. The van der Waals surface area contributed by atoms with Crippen molar-refractivity contribution in [1.29, 1.82) is 0 Å². The molecule has 0 saturated heterocycles. The van der Waals surface area contributed by atoms with Crippen molar-refractivity contribution in [3.05, 3.63) is 33.3 Å². The molecule has 2 rings (SSSR count). The van der Waals surface area contributed by atoms with Crippen molar-refractivity contribution in [3.8, 4) is 0 Å². The number of hydrogen-bond donors (Lipinski definition) is 0. The lowest BCUT2D eigenvalue weighted by atomic mass is 10.3. The Morgan fingerprint density at radius 2 is 2.53 bits per heavy atom. The Labute approximate surface area is 103 Å². The number of hydrogen-bond acceptors (Lipinski definition) is 5. The van der Waals surface area contributed by atoms with Crippen LogP contribution in [0.5, 0.6) is 0 Å². The van der Waals surface area contributed by atoms with Gasteiger partial charge in [0.25, 0.3) is 5.22 Å². The van der Waals surface area contributed by atoms with Crippen molar-refractivity contribution in [2.24, 2.45) is 0 Å². The first-order valence-corrected chi connectivity index (χ1v) is 6.71.